The van der Waals surface area contributed by atoms with Crippen molar-refractivity contribution in [3.8, 4) is 0 Å². The number of nitrogen functional groups attached to an aromatic ring is 1. The van der Waals surface area contributed by atoms with E-state index in [4.69, 9.17) is 17.3 Å². The zero-order valence-corrected chi connectivity index (χ0v) is 11.6. The molecule has 102 valence electrons. The standard InChI is InChI=1S/C10H15ClFN3O2S/c1-15(2)4-3-14-18(16,17)10-6-9(13)8(12)5-7(10)11/h5-6,14H,3-4,13H2,1-2H3. The number of nitrogens with zero attached hydrogens (tertiary/aromatic N) is 1. The van der Waals surface area contributed by atoms with Crippen LogP contribution in [0.1, 0.15) is 0 Å². The molecule has 18 heavy (non-hydrogen) atoms. The second kappa shape index (κ2) is 5.83. The second-order valence-electron chi connectivity index (χ2n) is 4.01. The fraction of sp³-hybridized carbons (Fsp3) is 0.400. The van der Waals surface area contributed by atoms with Gasteiger partial charge in [-0.1, -0.05) is 11.6 Å². The van der Waals surface area contributed by atoms with Crippen LogP contribution in [0, 0.1) is 5.82 Å². The van der Waals surface area contributed by atoms with Crippen LogP contribution < -0.4 is 10.5 Å². The molecule has 0 aliphatic carbocycles. The molecule has 0 aliphatic heterocycles. The van der Waals surface area contributed by atoms with Crippen molar-refractivity contribution < 1.29 is 12.8 Å². The first-order valence-corrected chi connectivity index (χ1v) is 6.99. The minimum Gasteiger partial charge on any atom is -0.396 e. The van der Waals surface area contributed by atoms with Gasteiger partial charge in [-0.25, -0.2) is 17.5 Å². The van der Waals surface area contributed by atoms with Crippen LogP contribution in [-0.2, 0) is 10.0 Å². The molecule has 0 fully saturated rings. The summed E-state index contributed by atoms with van der Waals surface area (Å²) in [7, 11) is -0.148. The van der Waals surface area contributed by atoms with Gasteiger partial charge in [0.15, 0.2) is 0 Å². The second-order valence-corrected chi connectivity index (χ2v) is 6.15. The van der Waals surface area contributed by atoms with Gasteiger partial charge in [0.1, 0.15) is 10.7 Å². The maximum Gasteiger partial charge on any atom is 0.242 e. The Balaban J connectivity index is 2.95. The van der Waals surface area contributed by atoms with Crippen molar-refractivity contribution in [1.29, 1.82) is 0 Å². The van der Waals surface area contributed by atoms with Gasteiger partial charge in [0.25, 0.3) is 0 Å². The zero-order valence-electron chi connectivity index (χ0n) is 10.1. The van der Waals surface area contributed by atoms with Crippen molar-refractivity contribution in [2.45, 2.75) is 4.90 Å². The van der Waals surface area contributed by atoms with E-state index in [9.17, 15) is 12.8 Å². The largest absolute Gasteiger partial charge is 0.396 e. The van der Waals surface area contributed by atoms with Gasteiger partial charge in [0.05, 0.1) is 10.7 Å². The first-order chi connectivity index (χ1) is 8.24. The van der Waals surface area contributed by atoms with Crippen molar-refractivity contribution in [2.24, 2.45) is 0 Å². The zero-order chi connectivity index (χ0) is 13.9. The Hall–Kier alpha value is -0.890. The molecule has 0 saturated carbocycles. The Morgan fingerprint density at radius 2 is 2.06 bits per heavy atom. The predicted molar refractivity (Wildman–Crippen MR) is 69.6 cm³/mol. The van der Waals surface area contributed by atoms with Gasteiger partial charge >= 0.3 is 0 Å². The van der Waals surface area contributed by atoms with E-state index in [1.165, 1.54) is 0 Å². The van der Waals surface area contributed by atoms with E-state index in [1.54, 1.807) is 0 Å². The van der Waals surface area contributed by atoms with Crippen LogP contribution in [0.25, 0.3) is 0 Å². The molecule has 8 heteroatoms. The SMILES string of the molecule is CN(C)CCNS(=O)(=O)c1cc(N)c(F)cc1Cl. The third-order valence-corrected chi connectivity index (χ3v) is 4.12. The lowest BCUT2D eigenvalue weighted by Gasteiger charge is -2.12. The molecule has 1 rings (SSSR count). The van der Waals surface area contributed by atoms with Crippen LogP contribution in [0.5, 0.6) is 0 Å². The number of halogens is 2. The molecule has 1 aromatic carbocycles. The Labute approximate surface area is 111 Å². The topological polar surface area (TPSA) is 75.4 Å². The number of benzene rings is 1. The quantitative estimate of drug-likeness (QED) is 0.792. The number of likely N-dealkylation sites (N-methyl/N-ethyl adjacent to an activating group) is 1. The molecular formula is C10H15ClFN3O2S. The molecule has 0 aromatic heterocycles. The highest BCUT2D eigenvalue weighted by molar-refractivity contribution is 7.89. The molecule has 0 bridgehead atoms. The van der Waals surface area contributed by atoms with E-state index in [0.29, 0.717) is 6.54 Å². The van der Waals surface area contributed by atoms with Crippen molar-refractivity contribution in [2.75, 3.05) is 32.9 Å². The number of nitrogens with one attached hydrogen (secondary N) is 1. The minimum absolute atomic E-state index is 0.195. The van der Waals surface area contributed by atoms with Crippen LogP contribution in [0.2, 0.25) is 5.02 Å². The van der Waals surface area contributed by atoms with Crippen molar-refractivity contribution >= 4 is 27.3 Å². The first-order valence-electron chi connectivity index (χ1n) is 5.13. The van der Waals surface area contributed by atoms with Crippen LogP contribution >= 0.6 is 11.6 Å². The monoisotopic (exact) mass is 295 g/mol. The molecular weight excluding hydrogens is 281 g/mol. The van der Waals surface area contributed by atoms with Crippen LogP contribution in [0.3, 0.4) is 0 Å². The summed E-state index contributed by atoms with van der Waals surface area (Å²) in [5.41, 5.74) is 5.07. The lowest BCUT2D eigenvalue weighted by molar-refractivity contribution is 0.412. The maximum absolute atomic E-state index is 13.1. The van der Waals surface area contributed by atoms with Crippen molar-refractivity contribution in [1.82, 2.24) is 9.62 Å². The smallest absolute Gasteiger partial charge is 0.242 e. The minimum atomic E-state index is -3.78. The molecule has 1 aromatic rings. The average molecular weight is 296 g/mol. The molecule has 3 N–H and O–H groups in total. The number of hydrogen-bond acceptors (Lipinski definition) is 4. The fourth-order valence-corrected chi connectivity index (χ4v) is 2.80. The summed E-state index contributed by atoms with van der Waals surface area (Å²) in [6, 6.07) is 1.90. The van der Waals surface area contributed by atoms with E-state index in [-0.39, 0.29) is 22.2 Å². The van der Waals surface area contributed by atoms with E-state index in [2.05, 4.69) is 4.72 Å². The summed E-state index contributed by atoms with van der Waals surface area (Å²) in [6.45, 7) is 0.760. The Bertz CT molecular complexity index is 534. The summed E-state index contributed by atoms with van der Waals surface area (Å²) < 4.78 is 39.2. The van der Waals surface area contributed by atoms with Gasteiger partial charge in [0.2, 0.25) is 10.0 Å². The molecule has 0 aliphatic rings. The molecule has 0 atom stereocenters. The normalized spacial score (nSPS) is 12.1. The lowest BCUT2D eigenvalue weighted by atomic mass is 10.3. The summed E-state index contributed by atoms with van der Waals surface area (Å²) in [4.78, 5) is 1.60. The number of sulfonamides is 1. The van der Waals surface area contributed by atoms with Gasteiger partial charge < -0.3 is 10.6 Å². The average Bonchev–Trinajstić information content (AvgIpc) is 2.22. The van der Waals surface area contributed by atoms with Gasteiger partial charge in [0, 0.05) is 13.1 Å². The third kappa shape index (κ3) is 3.81. The molecule has 0 amide bonds. The Morgan fingerprint density at radius 1 is 1.44 bits per heavy atom. The number of hydrogen-bond donors (Lipinski definition) is 2. The fourth-order valence-electron chi connectivity index (χ4n) is 1.23. The molecule has 5 nitrogen and oxygen atoms in total. The van der Waals surface area contributed by atoms with Gasteiger partial charge in [-0.05, 0) is 26.2 Å². The molecule has 0 heterocycles. The van der Waals surface area contributed by atoms with Crippen LogP contribution in [0.15, 0.2) is 17.0 Å². The Morgan fingerprint density at radius 3 is 2.61 bits per heavy atom. The highest BCUT2D eigenvalue weighted by Gasteiger charge is 2.19. The summed E-state index contributed by atoms with van der Waals surface area (Å²) in [5.74, 6) is -0.743. The van der Waals surface area contributed by atoms with E-state index >= 15 is 0 Å². The van der Waals surface area contributed by atoms with Gasteiger partial charge in [-0.2, -0.15) is 0 Å². The molecule has 0 unspecified atom stereocenters. The van der Waals surface area contributed by atoms with E-state index in [0.717, 1.165) is 12.1 Å². The molecule has 0 saturated heterocycles. The van der Waals surface area contributed by atoms with Crippen LogP contribution in [0.4, 0.5) is 10.1 Å². The van der Waals surface area contributed by atoms with Crippen molar-refractivity contribution in [3.05, 3.63) is 23.0 Å². The van der Waals surface area contributed by atoms with Crippen molar-refractivity contribution in [3.63, 3.8) is 0 Å². The summed E-state index contributed by atoms with van der Waals surface area (Å²) >= 11 is 5.70. The Kier molecular flexibility index (Phi) is 4.92. The number of nitrogens with two attached hydrogens (primary N) is 1. The highest BCUT2D eigenvalue weighted by Crippen LogP contribution is 2.25. The lowest BCUT2D eigenvalue weighted by Crippen LogP contribution is -2.31. The third-order valence-electron chi connectivity index (χ3n) is 2.19. The summed E-state index contributed by atoms with van der Waals surface area (Å²) in [6.07, 6.45) is 0. The number of rotatable bonds is 5. The maximum atomic E-state index is 13.1. The van der Waals surface area contributed by atoms with Gasteiger partial charge in [-0.15, -0.1) is 0 Å². The number of anilines is 1. The molecule has 0 spiro atoms. The van der Waals surface area contributed by atoms with E-state index in [1.807, 2.05) is 19.0 Å². The molecule has 0 radical (unpaired) electrons. The summed E-state index contributed by atoms with van der Waals surface area (Å²) in [5, 5.41) is -0.195. The predicted octanol–water partition coefficient (Wildman–Crippen LogP) is 0.901. The van der Waals surface area contributed by atoms with E-state index < -0.39 is 15.8 Å². The van der Waals surface area contributed by atoms with Crippen LogP contribution in [-0.4, -0.2) is 40.5 Å². The first kappa shape index (κ1) is 15.2. The highest BCUT2D eigenvalue weighted by atomic mass is 35.5. The van der Waals surface area contributed by atoms with Gasteiger partial charge in [-0.3, -0.25) is 0 Å².